The molecule has 0 aliphatic rings. The fourth-order valence-corrected chi connectivity index (χ4v) is 1.80. The molecule has 17 heavy (non-hydrogen) atoms. The molecule has 1 unspecified atom stereocenters. The maximum atomic E-state index is 4.38. The van der Waals surface area contributed by atoms with Gasteiger partial charge in [0.2, 0.25) is 0 Å². The van der Waals surface area contributed by atoms with Crippen LogP contribution in [0.15, 0.2) is 36.4 Å². The van der Waals surface area contributed by atoms with Gasteiger partial charge in [0.1, 0.15) is 5.82 Å². The zero-order valence-electron chi connectivity index (χ0n) is 10.6. The number of rotatable bonds is 4. The van der Waals surface area contributed by atoms with Crippen LogP contribution in [0.5, 0.6) is 0 Å². The van der Waals surface area contributed by atoms with Gasteiger partial charge in [-0.25, -0.2) is 0 Å². The lowest BCUT2D eigenvalue weighted by Crippen LogP contribution is -2.10. The third-order valence-corrected chi connectivity index (χ3v) is 3.07. The third kappa shape index (κ3) is 2.87. The summed E-state index contributed by atoms with van der Waals surface area (Å²) in [4.78, 5) is 0. The van der Waals surface area contributed by atoms with Gasteiger partial charge in [-0.3, -0.25) is 4.68 Å². The second-order valence-electron chi connectivity index (χ2n) is 4.49. The van der Waals surface area contributed by atoms with Crippen molar-refractivity contribution in [3.05, 3.63) is 47.7 Å². The summed E-state index contributed by atoms with van der Waals surface area (Å²) in [5, 5.41) is 7.75. The van der Waals surface area contributed by atoms with Crippen molar-refractivity contribution in [3.63, 3.8) is 0 Å². The highest BCUT2D eigenvalue weighted by Crippen LogP contribution is 2.15. The van der Waals surface area contributed by atoms with E-state index >= 15 is 0 Å². The Hall–Kier alpha value is -1.77. The molecule has 0 aliphatic heterocycles. The van der Waals surface area contributed by atoms with Crippen LogP contribution >= 0.6 is 0 Å². The number of aromatic nitrogens is 2. The van der Waals surface area contributed by atoms with Gasteiger partial charge in [-0.15, -0.1) is 0 Å². The number of nitrogens with zero attached hydrogens (tertiary/aromatic N) is 2. The first kappa shape index (κ1) is 11.7. The molecule has 2 rings (SSSR count). The number of anilines is 1. The van der Waals surface area contributed by atoms with E-state index in [1.807, 2.05) is 17.8 Å². The highest BCUT2D eigenvalue weighted by Gasteiger charge is 2.06. The first-order chi connectivity index (χ1) is 8.16. The molecule has 1 atom stereocenters. The molecular formula is C14H19N3. The molecule has 0 saturated heterocycles. The van der Waals surface area contributed by atoms with Crippen LogP contribution in [0.1, 0.15) is 24.1 Å². The minimum Gasteiger partial charge on any atom is -0.368 e. The summed E-state index contributed by atoms with van der Waals surface area (Å²) in [6.45, 7) is 5.18. The van der Waals surface area contributed by atoms with Crippen LogP contribution in [0.2, 0.25) is 0 Å². The normalized spacial score (nSPS) is 12.4. The molecule has 0 bridgehead atoms. The average molecular weight is 229 g/mol. The lowest BCUT2D eigenvalue weighted by Gasteiger charge is -2.12. The Morgan fingerprint density at radius 2 is 2.00 bits per heavy atom. The SMILES string of the molecule is Cc1cc(NCC(C)c2ccccc2)nn1C. The minimum absolute atomic E-state index is 0.485. The van der Waals surface area contributed by atoms with E-state index in [9.17, 15) is 0 Å². The Bertz CT molecular complexity index is 454. The van der Waals surface area contributed by atoms with E-state index < -0.39 is 0 Å². The maximum absolute atomic E-state index is 4.38. The Kier molecular flexibility index (Phi) is 3.47. The molecule has 3 heteroatoms. The van der Waals surface area contributed by atoms with E-state index in [-0.39, 0.29) is 0 Å². The molecular weight excluding hydrogens is 210 g/mol. The molecule has 0 saturated carbocycles. The molecule has 0 fully saturated rings. The predicted molar refractivity (Wildman–Crippen MR) is 71.3 cm³/mol. The van der Waals surface area contributed by atoms with Crippen molar-refractivity contribution in [2.24, 2.45) is 7.05 Å². The third-order valence-electron chi connectivity index (χ3n) is 3.07. The number of benzene rings is 1. The smallest absolute Gasteiger partial charge is 0.148 e. The van der Waals surface area contributed by atoms with Gasteiger partial charge >= 0.3 is 0 Å². The summed E-state index contributed by atoms with van der Waals surface area (Å²) in [5.74, 6) is 1.44. The predicted octanol–water partition coefficient (Wildman–Crippen LogP) is 2.94. The van der Waals surface area contributed by atoms with Crippen molar-refractivity contribution < 1.29 is 0 Å². The number of nitrogens with one attached hydrogen (secondary N) is 1. The van der Waals surface area contributed by atoms with Crippen molar-refractivity contribution in [2.75, 3.05) is 11.9 Å². The van der Waals surface area contributed by atoms with Crippen molar-refractivity contribution in [3.8, 4) is 0 Å². The van der Waals surface area contributed by atoms with Gasteiger partial charge in [0.15, 0.2) is 0 Å². The van der Waals surface area contributed by atoms with Gasteiger partial charge in [-0.1, -0.05) is 37.3 Å². The largest absolute Gasteiger partial charge is 0.368 e. The molecule has 1 N–H and O–H groups in total. The zero-order valence-corrected chi connectivity index (χ0v) is 10.6. The van der Waals surface area contributed by atoms with Gasteiger partial charge in [-0.2, -0.15) is 5.10 Å². The lowest BCUT2D eigenvalue weighted by molar-refractivity contribution is 0.735. The molecule has 0 spiro atoms. The Balaban J connectivity index is 1.94. The van der Waals surface area contributed by atoms with Crippen LogP contribution in [0.4, 0.5) is 5.82 Å². The number of aryl methyl sites for hydroxylation is 2. The molecule has 3 nitrogen and oxygen atoms in total. The molecule has 0 aliphatic carbocycles. The first-order valence-electron chi connectivity index (χ1n) is 5.96. The van der Waals surface area contributed by atoms with Crippen LogP contribution in [-0.2, 0) is 7.05 Å². The second-order valence-corrected chi connectivity index (χ2v) is 4.49. The van der Waals surface area contributed by atoms with Crippen molar-refractivity contribution in [1.82, 2.24) is 9.78 Å². The Morgan fingerprint density at radius 1 is 1.29 bits per heavy atom. The summed E-state index contributed by atoms with van der Waals surface area (Å²) >= 11 is 0. The Morgan fingerprint density at radius 3 is 2.59 bits per heavy atom. The van der Waals surface area contributed by atoms with Gasteiger partial charge in [0.25, 0.3) is 0 Å². The van der Waals surface area contributed by atoms with Crippen LogP contribution in [0, 0.1) is 6.92 Å². The fraction of sp³-hybridized carbons (Fsp3) is 0.357. The van der Waals surface area contributed by atoms with Crippen LogP contribution in [0.25, 0.3) is 0 Å². The standard InChI is InChI=1S/C14H19N3/c1-11(13-7-5-4-6-8-13)10-15-14-9-12(2)17(3)16-14/h4-9,11H,10H2,1-3H3,(H,15,16). The summed E-state index contributed by atoms with van der Waals surface area (Å²) in [5.41, 5.74) is 2.52. The van der Waals surface area contributed by atoms with Crippen molar-refractivity contribution in [2.45, 2.75) is 19.8 Å². The average Bonchev–Trinajstić information content (AvgIpc) is 2.67. The van der Waals surface area contributed by atoms with Gasteiger partial charge in [0, 0.05) is 25.4 Å². The first-order valence-corrected chi connectivity index (χ1v) is 5.96. The monoisotopic (exact) mass is 229 g/mol. The van der Waals surface area contributed by atoms with E-state index in [0.29, 0.717) is 5.92 Å². The summed E-state index contributed by atoms with van der Waals surface area (Å²) in [7, 11) is 1.96. The quantitative estimate of drug-likeness (QED) is 0.873. The van der Waals surface area contributed by atoms with E-state index in [4.69, 9.17) is 0 Å². The summed E-state index contributed by atoms with van der Waals surface area (Å²) in [6.07, 6.45) is 0. The van der Waals surface area contributed by atoms with Gasteiger partial charge in [0.05, 0.1) is 0 Å². The van der Waals surface area contributed by atoms with Gasteiger partial charge < -0.3 is 5.32 Å². The zero-order chi connectivity index (χ0) is 12.3. The van der Waals surface area contributed by atoms with Crippen LogP contribution < -0.4 is 5.32 Å². The molecule has 90 valence electrons. The van der Waals surface area contributed by atoms with Crippen LogP contribution in [0.3, 0.4) is 0 Å². The van der Waals surface area contributed by atoms with E-state index in [1.54, 1.807) is 0 Å². The van der Waals surface area contributed by atoms with Gasteiger partial charge in [-0.05, 0) is 18.4 Å². The van der Waals surface area contributed by atoms with E-state index in [0.717, 1.165) is 12.4 Å². The van der Waals surface area contributed by atoms with E-state index in [2.05, 4.69) is 54.6 Å². The summed E-state index contributed by atoms with van der Waals surface area (Å²) in [6, 6.07) is 12.6. The fourth-order valence-electron chi connectivity index (χ4n) is 1.80. The molecule has 0 radical (unpaired) electrons. The minimum atomic E-state index is 0.485. The molecule has 1 aromatic carbocycles. The topological polar surface area (TPSA) is 29.9 Å². The summed E-state index contributed by atoms with van der Waals surface area (Å²) < 4.78 is 1.88. The molecule has 0 amide bonds. The van der Waals surface area contributed by atoms with Crippen molar-refractivity contribution in [1.29, 1.82) is 0 Å². The lowest BCUT2D eigenvalue weighted by atomic mass is 10.0. The van der Waals surface area contributed by atoms with E-state index in [1.165, 1.54) is 11.3 Å². The van der Waals surface area contributed by atoms with Crippen molar-refractivity contribution >= 4 is 5.82 Å². The highest BCUT2D eigenvalue weighted by molar-refractivity contribution is 5.36. The highest BCUT2D eigenvalue weighted by atomic mass is 15.3. The Labute approximate surface area is 102 Å². The number of hydrogen-bond acceptors (Lipinski definition) is 2. The van der Waals surface area contributed by atoms with Crippen LogP contribution in [-0.4, -0.2) is 16.3 Å². The number of hydrogen-bond donors (Lipinski definition) is 1. The maximum Gasteiger partial charge on any atom is 0.148 e. The molecule has 1 aromatic heterocycles. The second kappa shape index (κ2) is 5.04. The molecule has 1 heterocycles. The molecule has 2 aromatic rings.